The number of likely N-dealkylation sites (tertiary alicyclic amines) is 1. The SMILES string of the molecule is Cc1ccc(S(=O)(=O)NCC(c2cccn2C)N2CCCC2)cc1C. The maximum atomic E-state index is 12.7. The van der Waals surface area contributed by atoms with Gasteiger partial charge in [0.05, 0.1) is 10.9 Å². The van der Waals surface area contributed by atoms with Crippen molar-refractivity contribution in [3.05, 3.63) is 53.3 Å². The Bertz CT molecular complexity index is 836. The molecule has 1 aliphatic rings. The fourth-order valence-corrected chi connectivity index (χ4v) is 4.57. The molecule has 0 bridgehead atoms. The smallest absolute Gasteiger partial charge is 0.240 e. The fourth-order valence-electron chi connectivity index (χ4n) is 3.45. The monoisotopic (exact) mass is 361 g/mol. The topological polar surface area (TPSA) is 54.3 Å². The van der Waals surface area contributed by atoms with Gasteiger partial charge in [-0.3, -0.25) is 4.90 Å². The summed E-state index contributed by atoms with van der Waals surface area (Å²) < 4.78 is 30.4. The Morgan fingerprint density at radius 3 is 2.44 bits per heavy atom. The molecule has 6 heteroatoms. The predicted molar refractivity (Wildman–Crippen MR) is 100 cm³/mol. The lowest BCUT2D eigenvalue weighted by atomic mass is 10.1. The van der Waals surface area contributed by atoms with Crippen LogP contribution in [-0.4, -0.2) is 37.5 Å². The van der Waals surface area contributed by atoms with Gasteiger partial charge < -0.3 is 4.57 Å². The third-order valence-corrected chi connectivity index (χ3v) is 6.58. The van der Waals surface area contributed by atoms with Crippen molar-refractivity contribution in [3.63, 3.8) is 0 Å². The summed E-state index contributed by atoms with van der Waals surface area (Å²) in [4.78, 5) is 2.71. The number of aryl methyl sites for hydroxylation is 3. The van der Waals surface area contributed by atoms with Gasteiger partial charge in [-0.1, -0.05) is 6.07 Å². The Labute approximate surface area is 150 Å². The Morgan fingerprint density at radius 2 is 1.84 bits per heavy atom. The molecule has 1 aromatic carbocycles. The van der Waals surface area contributed by atoms with Crippen LogP contribution in [0.3, 0.4) is 0 Å². The van der Waals surface area contributed by atoms with Crippen molar-refractivity contribution in [2.75, 3.05) is 19.6 Å². The Kier molecular flexibility index (Phi) is 5.32. The van der Waals surface area contributed by atoms with E-state index in [-0.39, 0.29) is 6.04 Å². The van der Waals surface area contributed by atoms with E-state index in [0.29, 0.717) is 11.4 Å². The Morgan fingerprint density at radius 1 is 1.12 bits per heavy atom. The van der Waals surface area contributed by atoms with E-state index in [0.717, 1.165) is 29.9 Å². The van der Waals surface area contributed by atoms with Gasteiger partial charge in [-0.05, 0) is 75.2 Å². The molecular formula is C19H27N3O2S. The zero-order valence-electron chi connectivity index (χ0n) is 15.2. The first-order valence-corrected chi connectivity index (χ1v) is 10.3. The molecule has 1 aromatic heterocycles. The van der Waals surface area contributed by atoms with Crippen molar-refractivity contribution in [1.29, 1.82) is 0 Å². The molecule has 0 amide bonds. The van der Waals surface area contributed by atoms with Crippen LogP contribution >= 0.6 is 0 Å². The minimum absolute atomic E-state index is 0.0591. The highest BCUT2D eigenvalue weighted by molar-refractivity contribution is 7.89. The third-order valence-electron chi connectivity index (χ3n) is 5.16. The molecule has 1 aliphatic heterocycles. The molecule has 2 heterocycles. The van der Waals surface area contributed by atoms with E-state index in [1.807, 2.05) is 39.2 Å². The molecule has 1 N–H and O–H groups in total. The van der Waals surface area contributed by atoms with Crippen molar-refractivity contribution in [1.82, 2.24) is 14.2 Å². The fraction of sp³-hybridized carbons (Fsp3) is 0.474. The molecular weight excluding hydrogens is 334 g/mol. The number of hydrogen-bond donors (Lipinski definition) is 1. The lowest BCUT2D eigenvalue weighted by Crippen LogP contribution is -2.37. The molecule has 2 aromatic rings. The van der Waals surface area contributed by atoms with Crippen LogP contribution in [0.15, 0.2) is 41.4 Å². The molecule has 0 saturated carbocycles. The number of rotatable bonds is 6. The van der Waals surface area contributed by atoms with Crippen molar-refractivity contribution in [3.8, 4) is 0 Å². The zero-order valence-corrected chi connectivity index (χ0v) is 16.0. The van der Waals surface area contributed by atoms with Gasteiger partial charge in [0.1, 0.15) is 0 Å². The van der Waals surface area contributed by atoms with E-state index in [1.165, 1.54) is 12.8 Å². The zero-order chi connectivity index (χ0) is 18.0. The van der Waals surface area contributed by atoms with E-state index in [2.05, 4.69) is 20.3 Å². The highest BCUT2D eigenvalue weighted by atomic mass is 32.2. The van der Waals surface area contributed by atoms with E-state index in [9.17, 15) is 8.42 Å². The van der Waals surface area contributed by atoms with Crippen molar-refractivity contribution < 1.29 is 8.42 Å². The number of nitrogens with zero attached hydrogens (tertiary/aromatic N) is 2. The van der Waals surface area contributed by atoms with E-state index >= 15 is 0 Å². The van der Waals surface area contributed by atoms with E-state index in [1.54, 1.807) is 12.1 Å². The average molecular weight is 362 g/mol. The van der Waals surface area contributed by atoms with Crippen LogP contribution in [0.25, 0.3) is 0 Å². The van der Waals surface area contributed by atoms with Crippen LogP contribution in [-0.2, 0) is 17.1 Å². The van der Waals surface area contributed by atoms with Gasteiger partial charge in [0.2, 0.25) is 10.0 Å². The molecule has 0 spiro atoms. The standard InChI is InChI=1S/C19H27N3O2S/c1-15-8-9-17(13-16(15)2)25(23,24)20-14-19(22-11-4-5-12-22)18-7-6-10-21(18)3/h6-10,13,19-20H,4-5,11-12,14H2,1-3H3. The third kappa shape index (κ3) is 3.97. The molecule has 1 atom stereocenters. The molecule has 25 heavy (non-hydrogen) atoms. The molecule has 0 aliphatic carbocycles. The van der Waals surface area contributed by atoms with Crippen molar-refractivity contribution in [2.24, 2.45) is 7.05 Å². The van der Waals surface area contributed by atoms with Gasteiger partial charge in [-0.15, -0.1) is 0 Å². The number of benzene rings is 1. The lowest BCUT2D eigenvalue weighted by molar-refractivity contribution is 0.238. The average Bonchev–Trinajstić information content (AvgIpc) is 3.23. The summed E-state index contributed by atoms with van der Waals surface area (Å²) in [7, 11) is -1.50. The number of nitrogens with one attached hydrogen (secondary N) is 1. The van der Waals surface area contributed by atoms with Crippen LogP contribution in [0.1, 0.15) is 35.7 Å². The first-order valence-electron chi connectivity index (χ1n) is 8.81. The Hall–Kier alpha value is -1.63. The molecule has 0 radical (unpaired) electrons. The molecule has 1 fully saturated rings. The number of sulfonamides is 1. The quantitative estimate of drug-likeness (QED) is 0.861. The van der Waals surface area contributed by atoms with Crippen LogP contribution < -0.4 is 4.72 Å². The first-order chi connectivity index (χ1) is 11.9. The summed E-state index contributed by atoms with van der Waals surface area (Å²) >= 11 is 0. The van der Waals surface area contributed by atoms with Gasteiger partial charge in [-0.2, -0.15) is 0 Å². The van der Waals surface area contributed by atoms with E-state index < -0.39 is 10.0 Å². The first kappa shape index (κ1) is 18.2. The second-order valence-electron chi connectivity index (χ2n) is 6.90. The molecule has 5 nitrogen and oxygen atoms in total. The predicted octanol–water partition coefficient (Wildman–Crippen LogP) is 2.76. The van der Waals surface area contributed by atoms with Crippen LogP contribution in [0.4, 0.5) is 0 Å². The number of hydrogen-bond acceptors (Lipinski definition) is 3. The Balaban J connectivity index is 1.80. The summed E-state index contributed by atoms with van der Waals surface area (Å²) in [5, 5.41) is 0. The van der Waals surface area contributed by atoms with Gasteiger partial charge in [0.25, 0.3) is 0 Å². The largest absolute Gasteiger partial charge is 0.353 e. The van der Waals surface area contributed by atoms with Crippen LogP contribution in [0.5, 0.6) is 0 Å². The minimum atomic E-state index is -3.51. The van der Waals surface area contributed by atoms with Crippen LogP contribution in [0, 0.1) is 13.8 Å². The second-order valence-corrected chi connectivity index (χ2v) is 8.67. The van der Waals surface area contributed by atoms with Gasteiger partial charge in [0, 0.05) is 25.5 Å². The van der Waals surface area contributed by atoms with Gasteiger partial charge in [0.15, 0.2) is 0 Å². The maximum Gasteiger partial charge on any atom is 0.240 e. The van der Waals surface area contributed by atoms with E-state index in [4.69, 9.17) is 0 Å². The highest BCUT2D eigenvalue weighted by Crippen LogP contribution is 2.25. The molecule has 1 saturated heterocycles. The van der Waals surface area contributed by atoms with Crippen LogP contribution in [0.2, 0.25) is 0 Å². The maximum absolute atomic E-state index is 12.7. The van der Waals surface area contributed by atoms with Gasteiger partial charge in [-0.25, -0.2) is 13.1 Å². The normalized spacial score (nSPS) is 17.1. The summed E-state index contributed by atoms with van der Waals surface area (Å²) in [6.45, 7) is 6.33. The minimum Gasteiger partial charge on any atom is -0.353 e. The number of aromatic nitrogens is 1. The summed E-state index contributed by atoms with van der Waals surface area (Å²) in [6.07, 6.45) is 4.35. The second kappa shape index (κ2) is 7.32. The summed E-state index contributed by atoms with van der Waals surface area (Å²) in [5.41, 5.74) is 3.23. The lowest BCUT2D eigenvalue weighted by Gasteiger charge is -2.28. The van der Waals surface area contributed by atoms with Crippen molar-refractivity contribution >= 4 is 10.0 Å². The van der Waals surface area contributed by atoms with Gasteiger partial charge >= 0.3 is 0 Å². The van der Waals surface area contributed by atoms with Crippen molar-refractivity contribution in [2.45, 2.75) is 37.6 Å². The summed E-state index contributed by atoms with van der Waals surface area (Å²) in [5.74, 6) is 0. The summed E-state index contributed by atoms with van der Waals surface area (Å²) in [6, 6.07) is 9.43. The molecule has 136 valence electrons. The highest BCUT2D eigenvalue weighted by Gasteiger charge is 2.27. The molecule has 3 rings (SSSR count). The molecule has 1 unspecified atom stereocenters.